The molecule has 0 aromatic heterocycles. The lowest BCUT2D eigenvalue weighted by molar-refractivity contribution is -0.166. The lowest BCUT2D eigenvalue weighted by atomic mass is 9.68. The van der Waals surface area contributed by atoms with E-state index in [9.17, 15) is 4.79 Å². The summed E-state index contributed by atoms with van der Waals surface area (Å²) in [5, 5.41) is 0. The number of epoxide rings is 2. The molecule has 3 fully saturated rings. The van der Waals surface area contributed by atoms with E-state index in [0.29, 0.717) is 0 Å². The molecule has 5 nitrogen and oxygen atoms in total. The van der Waals surface area contributed by atoms with E-state index in [4.69, 9.17) is 18.9 Å². The minimum Gasteiger partial charge on any atom is -0.456 e. The number of ether oxygens (including phenoxy) is 4. The van der Waals surface area contributed by atoms with E-state index in [1.54, 1.807) is 13.2 Å². The molecule has 4 rings (SSSR count). The van der Waals surface area contributed by atoms with Crippen LogP contribution in [0.15, 0.2) is 48.1 Å². The molecule has 0 N–H and O–H groups in total. The van der Waals surface area contributed by atoms with Gasteiger partial charge in [-0.1, -0.05) is 42.0 Å². The van der Waals surface area contributed by atoms with Crippen molar-refractivity contribution in [3.63, 3.8) is 0 Å². The van der Waals surface area contributed by atoms with Gasteiger partial charge in [-0.25, -0.2) is 4.79 Å². The second kappa shape index (κ2) is 8.29. The monoisotopic (exact) mass is 412 g/mol. The van der Waals surface area contributed by atoms with E-state index < -0.39 is 0 Å². The third-order valence-corrected chi connectivity index (χ3v) is 6.72. The molecule has 30 heavy (non-hydrogen) atoms. The summed E-state index contributed by atoms with van der Waals surface area (Å²) >= 11 is 0. The molecule has 5 heteroatoms. The van der Waals surface area contributed by atoms with Crippen molar-refractivity contribution in [2.45, 2.75) is 69.5 Å². The van der Waals surface area contributed by atoms with Crippen molar-refractivity contribution in [1.82, 2.24) is 0 Å². The van der Waals surface area contributed by atoms with Crippen LogP contribution in [-0.2, 0) is 23.7 Å². The molecule has 2 saturated heterocycles. The highest BCUT2D eigenvalue weighted by Gasteiger charge is 2.72. The van der Waals surface area contributed by atoms with Crippen LogP contribution in [0.4, 0.5) is 0 Å². The summed E-state index contributed by atoms with van der Waals surface area (Å²) in [7, 11) is 1.69. The van der Waals surface area contributed by atoms with Crippen LogP contribution in [0.2, 0.25) is 0 Å². The fraction of sp³-hybridized carbons (Fsp3) is 0.560. The SMILES string of the molecule is CO[C@@H]1[C@H](OC(=O)/C=C/c2ccccc2)CC[C@]2(CO2)[C@H]1[C@]1(C)O[C@@H]1CC=C(C)C. The topological polar surface area (TPSA) is 60.6 Å². The summed E-state index contributed by atoms with van der Waals surface area (Å²) in [5.41, 5.74) is 1.71. The second-order valence-corrected chi connectivity index (χ2v) is 9.10. The fourth-order valence-electron chi connectivity index (χ4n) is 4.99. The predicted molar refractivity (Wildman–Crippen MR) is 115 cm³/mol. The van der Waals surface area contributed by atoms with Crippen molar-refractivity contribution in [3.8, 4) is 0 Å². The quantitative estimate of drug-likeness (QED) is 0.289. The van der Waals surface area contributed by atoms with Gasteiger partial charge in [0.2, 0.25) is 0 Å². The van der Waals surface area contributed by atoms with Crippen LogP contribution in [0.5, 0.6) is 0 Å². The Morgan fingerprint density at radius 2 is 2.00 bits per heavy atom. The van der Waals surface area contributed by atoms with Crippen molar-refractivity contribution in [2.24, 2.45) is 5.92 Å². The molecule has 0 bridgehead atoms. The largest absolute Gasteiger partial charge is 0.456 e. The van der Waals surface area contributed by atoms with E-state index in [1.165, 1.54) is 11.6 Å². The van der Waals surface area contributed by atoms with E-state index in [1.807, 2.05) is 30.3 Å². The van der Waals surface area contributed by atoms with Gasteiger partial charge >= 0.3 is 5.97 Å². The minimum atomic E-state index is -0.347. The average Bonchev–Trinajstić information content (AvgIpc) is 3.64. The zero-order chi connectivity index (χ0) is 21.4. The Hall–Kier alpha value is -1.95. The zero-order valence-electron chi connectivity index (χ0n) is 18.3. The molecule has 1 aromatic rings. The van der Waals surface area contributed by atoms with Crippen molar-refractivity contribution >= 4 is 12.0 Å². The van der Waals surface area contributed by atoms with E-state index >= 15 is 0 Å². The summed E-state index contributed by atoms with van der Waals surface area (Å²) in [6, 6.07) is 9.72. The second-order valence-electron chi connectivity index (χ2n) is 9.10. The Balaban J connectivity index is 1.46. The Bertz CT molecular complexity index is 821. The molecule has 1 aromatic carbocycles. The van der Waals surface area contributed by atoms with Gasteiger partial charge in [-0.05, 0) is 51.7 Å². The molecule has 162 valence electrons. The standard InChI is InChI=1S/C25H32O5/c1-17(2)10-12-20-24(3,30-20)23-22(27-4)19(14-15-25(23)16-28-25)29-21(26)13-11-18-8-6-5-7-9-18/h5-11,13,19-20,22-23H,12,14-16H2,1-4H3/b13-11+/t19-,20-,22-,23-,24-,25+/m1/s1. The Kier molecular flexibility index (Phi) is 5.88. The van der Waals surface area contributed by atoms with Crippen LogP contribution < -0.4 is 0 Å². The molecular weight excluding hydrogens is 380 g/mol. The molecule has 2 aliphatic heterocycles. The summed E-state index contributed by atoms with van der Waals surface area (Å²) < 4.78 is 23.9. The summed E-state index contributed by atoms with van der Waals surface area (Å²) in [5.74, 6) is -0.310. The first-order valence-corrected chi connectivity index (χ1v) is 10.8. The van der Waals surface area contributed by atoms with Crippen molar-refractivity contribution < 1.29 is 23.7 Å². The van der Waals surface area contributed by atoms with Gasteiger partial charge in [-0.2, -0.15) is 0 Å². The molecule has 2 heterocycles. The van der Waals surface area contributed by atoms with Crippen molar-refractivity contribution in [2.75, 3.05) is 13.7 Å². The zero-order valence-corrected chi connectivity index (χ0v) is 18.3. The van der Waals surface area contributed by atoms with Gasteiger partial charge in [0.15, 0.2) is 0 Å². The van der Waals surface area contributed by atoms with Gasteiger partial charge < -0.3 is 18.9 Å². The maximum absolute atomic E-state index is 12.5. The normalized spacial score (nSPS) is 37.2. The van der Waals surface area contributed by atoms with Crippen LogP contribution in [0.25, 0.3) is 6.08 Å². The Labute approximate surface area is 179 Å². The Morgan fingerprint density at radius 1 is 1.27 bits per heavy atom. The van der Waals surface area contributed by atoms with Crippen molar-refractivity contribution in [3.05, 3.63) is 53.6 Å². The first-order valence-electron chi connectivity index (χ1n) is 10.8. The maximum atomic E-state index is 12.5. The molecule has 1 aliphatic carbocycles. The van der Waals surface area contributed by atoms with Gasteiger partial charge in [0.1, 0.15) is 23.4 Å². The molecule has 0 unspecified atom stereocenters. The summed E-state index contributed by atoms with van der Waals surface area (Å²) in [4.78, 5) is 12.5. The fourth-order valence-corrected chi connectivity index (χ4v) is 4.99. The molecule has 1 saturated carbocycles. The number of methoxy groups -OCH3 is 1. The van der Waals surface area contributed by atoms with Gasteiger partial charge in [-0.15, -0.1) is 0 Å². The van der Waals surface area contributed by atoms with E-state index in [0.717, 1.165) is 31.4 Å². The number of benzene rings is 1. The lowest BCUT2D eigenvalue weighted by Crippen LogP contribution is -2.55. The van der Waals surface area contributed by atoms with Crippen molar-refractivity contribution in [1.29, 1.82) is 0 Å². The highest BCUT2D eigenvalue weighted by molar-refractivity contribution is 5.87. The summed E-state index contributed by atoms with van der Waals surface area (Å²) in [6.07, 6.45) is 7.52. The van der Waals surface area contributed by atoms with Crippen LogP contribution in [-0.4, -0.2) is 49.2 Å². The van der Waals surface area contributed by atoms with E-state index in [-0.39, 0.29) is 41.4 Å². The number of rotatable bonds is 7. The highest BCUT2D eigenvalue weighted by Crippen LogP contribution is 2.59. The van der Waals surface area contributed by atoms with Crippen LogP contribution in [0.3, 0.4) is 0 Å². The molecule has 1 spiro atoms. The molecule has 6 atom stereocenters. The Morgan fingerprint density at radius 3 is 2.63 bits per heavy atom. The predicted octanol–water partition coefficient (Wildman–Crippen LogP) is 4.32. The maximum Gasteiger partial charge on any atom is 0.331 e. The number of allylic oxidation sites excluding steroid dienone is 1. The summed E-state index contributed by atoms with van der Waals surface area (Å²) in [6.45, 7) is 7.07. The first-order chi connectivity index (χ1) is 14.4. The smallest absolute Gasteiger partial charge is 0.331 e. The van der Waals surface area contributed by atoms with Gasteiger partial charge in [-0.3, -0.25) is 0 Å². The van der Waals surface area contributed by atoms with Crippen LogP contribution in [0, 0.1) is 5.92 Å². The minimum absolute atomic E-state index is 0.0372. The van der Waals surface area contributed by atoms with E-state index in [2.05, 4.69) is 26.8 Å². The molecule has 3 aliphatic rings. The number of hydrogen-bond acceptors (Lipinski definition) is 5. The first kappa shape index (κ1) is 21.3. The van der Waals surface area contributed by atoms with Gasteiger partial charge in [0, 0.05) is 13.2 Å². The lowest BCUT2D eigenvalue weighted by Gasteiger charge is -2.42. The number of hydrogen-bond donors (Lipinski definition) is 0. The molecule has 0 radical (unpaired) electrons. The average molecular weight is 413 g/mol. The number of carbonyl (C=O) groups excluding carboxylic acids is 1. The number of esters is 1. The molecule has 0 amide bonds. The highest BCUT2D eigenvalue weighted by atomic mass is 16.6. The molecular formula is C25H32O5. The number of carbonyl (C=O) groups is 1. The van der Waals surface area contributed by atoms with Crippen LogP contribution in [0.1, 0.15) is 45.6 Å². The van der Waals surface area contributed by atoms with Gasteiger partial charge in [0.25, 0.3) is 0 Å². The van der Waals surface area contributed by atoms with Crippen LogP contribution >= 0.6 is 0 Å². The third-order valence-electron chi connectivity index (χ3n) is 6.72. The van der Waals surface area contributed by atoms with Gasteiger partial charge in [0.05, 0.1) is 18.6 Å². The third kappa shape index (κ3) is 4.25.